The van der Waals surface area contributed by atoms with Crippen LogP contribution in [0.4, 0.5) is 0 Å². The molecule has 1 aromatic rings. The van der Waals surface area contributed by atoms with E-state index in [2.05, 4.69) is 4.98 Å². The van der Waals surface area contributed by atoms with Crippen LogP contribution in [0.5, 0.6) is 5.88 Å². The lowest BCUT2D eigenvalue weighted by Gasteiger charge is -1.98. The van der Waals surface area contributed by atoms with Crippen LogP contribution in [0.25, 0.3) is 6.08 Å². The number of aromatic nitrogens is 1. The predicted molar refractivity (Wildman–Crippen MR) is 46.7 cm³/mol. The van der Waals surface area contributed by atoms with E-state index in [0.29, 0.717) is 0 Å². The third-order valence-electron chi connectivity index (χ3n) is 1.52. The van der Waals surface area contributed by atoms with Crippen LogP contribution in [0.2, 0.25) is 0 Å². The molecule has 0 aliphatic heterocycles. The maximum atomic E-state index is 9.00. The van der Waals surface area contributed by atoms with Gasteiger partial charge in [0.15, 0.2) is 0 Å². The van der Waals surface area contributed by atoms with E-state index in [1.807, 2.05) is 6.92 Å². The van der Waals surface area contributed by atoms with Gasteiger partial charge in [0, 0.05) is 12.3 Å². The molecule has 0 amide bonds. The van der Waals surface area contributed by atoms with Gasteiger partial charge in [0.05, 0.1) is 13.4 Å². The Balaban J connectivity index is 2.94. The van der Waals surface area contributed by atoms with Gasteiger partial charge in [-0.1, -0.05) is 0 Å². The molecule has 0 spiro atoms. The number of nitrogens with zero attached hydrogens (tertiary/aromatic N) is 1. The van der Waals surface area contributed by atoms with Crippen molar-refractivity contribution in [2.45, 2.75) is 6.92 Å². The molecule has 1 aromatic heterocycles. The summed E-state index contributed by atoms with van der Waals surface area (Å²) in [6, 6.07) is 1.61. The second-order valence-electron chi connectivity index (χ2n) is 2.44. The third-order valence-corrected chi connectivity index (χ3v) is 1.52. The molecule has 0 saturated heterocycles. The Hall–Kier alpha value is -1.51. The fraction of sp³-hybridized carbons (Fsp3) is 0.222. The first-order chi connectivity index (χ1) is 5.74. The summed E-state index contributed by atoms with van der Waals surface area (Å²) in [7, 11) is 1.58. The van der Waals surface area contributed by atoms with Gasteiger partial charge in [-0.2, -0.15) is 0 Å². The molecule has 0 aliphatic carbocycles. The largest absolute Gasteiger partial charge is 0.504 e. The Morgan fingerprint density at radius 1 is 1.58 bits per heavy atom. The highest BCUT2D eigenvalue weighted by atomic mass is 16.5. The molecule has 0 bridgehead atoms. The summed E-state index contributed by atoms with van der Waals surface area (Å²) in [4.78, 5) is 3.74. The Kier molecular flexibility index (Phi) is 2.69. The van der Waals surface area contributed by atoms with E-state index in [1.165, 1.54) is 0 Å². The van der Waals surface area contributed by atoms with E-state index >= 15 is 0 Å². The topological polar surface area (TPSA) is 42.4 Å². The maximum absolute atomic E-state index is 9.00. The van der Waals surface area contributed by atoms with Crippen LogP contribution in [0.3, 0.4) is 0 Å². The average molecular weight is 165 g/mol. The molecule has 0 unspecified atom stereocenters. The molecule has 1 heterocycles. The second-order valence-corrected chi connectivity index (χ2v) is 2.44. The van der Waals surface area contributed by atoms with Gasteiger partial charge in [-0.3, -0.25) is 0 Å². The average Bonchev–Trinajstić information content (AvgIpc) is 2.03. The van der Waals surface area contributed by atoms with Crippen molar-refractivity contribution in [2.24, 2.45) is 0 Å². The van der Waals surface area contributed by atoms with E-state index in [-0.39, 0.29) is 5.88 Å². The van der Waals surface area contributed by atoms with Crippen LogP contribution >= 0.6 is 0 Å². The van der Waals surface area contributed by atoms with Crippen LogP contribution in [0, 0.1) is 6.92 Å². The van der Waals surface area contributed by atoms with Gasteiger partial charge in [-0.05, 0) is 24.1 Å². The van der Waals surface area contributed by atoms with Gasteiger partial charge in [0.25, 0.3) is 0 Å². The number of hydrogen-bond donors (Lipinski definition) is 1. The van der Waals surface area contributed by atoms with Gasteiger partial charge in [-0.25, -0.2) is 4.98 Å². The molecule has 0 saturated carbocycles. The number of rotatable bonds is 2. The zero-order valence-electron chi connectivity index (χ0n) is 7.11. The maximum Gasteiger partial charge on any atom is 0.210 e. The number of ether oxygens (including phenoxy) is 1. The van der Waals surface area contributed by atoms with Crippen LogP contribution in [0.15, 0.2) is 18.5 Å². The van der Waals surface area contributed by atoms with Crippen molar-refractivity contribution >= 4 is 6.08 Å². The Bertz CT molecular complexity index is 295. The summed E-state index contributed by atoms with van der Waals surface area (Å²) in [6.45, 7) is 1.90. The SMILES string of the molecule is COC=Cc1cnc(O)cc1C. The monoisotopic (exact) mass is 165 g/mol. The number of hydrogen-bond acceptors (Lipinski definition) is 3. The number of methoxy groups -OCH3 is 1. The van der Waals surface area contributed by atoms with Gasteiger partial charge in [0.2, 0.25) is 5.88 Å². The van der Waals surface area contributed by atoms with Gasteiger partial charge < -0.3 is 9.84 Å². The van der Waals surface area contributed by atoms with E-state index in [0.717, 1.165) is 11.1 Å². The second kappa shape index (κ2) is 3.76. The Morgan fingerprint density at radius 2 is 2.33 bits per heavy atom. The van der Waals surface area contributed by atoms with Crippen molar-refractivity contribution in [3.8, 4) is 5.88 Å². The van der Waals surface area contributed by atoms with Crippen molar-refractivity contribution in [3.05, 3.63) is 29.7 Å². The smallest absolute Gasteiger partial charge is 0.210 e. The molecule has 12 heavy (non-hydrogen) atoms. The lowest BCUT2D eigenvalue weighted by atomic mass is 10.1. The van der Waals surface area contributed by atoms with Crippen LogP contribution in [0.1, 0.15) is 11.1 Å². The minimum absolute atomic E-state index is 0.0436. The van der Waals surface area contributed by atoms with Crippen LogP contribution < -0.4 is 0 Å². The first kappa shape index (κ1) is 8.59. The summed E-state index contributed by atoms with van der Waals surface area (Å²) in [5.74, 6) is 0.0436. The quantitative estimate of drug-likeness (QED) is 0.678. The van der Waals surface area contributed by atoms with Crippen molar-refractivity contribution in [3.63, 3.8) is 0 Å². The Labute approximate surface area is 71.3 Å². The predicted octanol–water partition coefficient (Wildman–Crippen LogP) is 1.71. The molecule has 0 fully saturated rings. The lowest BCUT2D eigenvalue weighted by molar-refractivity contribution is 0.341. The molecule has 3 nitrogen and oxygen atoms in total. The molecular weight excluding hydrogens is 154 g/mol. The fourth-order valence-electron chi connectivity index (χ4n) is 0.868. The summed E-state index contributed by atoms with van der Waals surface area (Å²) >= 11 is 0. The van der Waals surface area contributed by atoms with E-state index in [9.17, 15) is 0 Å². The van der Waals surface area contributed by atoms with Crippen LogP contribution in [-0.4, -0.2) is 17.2 Å². The minimum Gasteiger partial charge on any atom is -0.504 e. The molecule has 0 aromatic carbocycles. The molecule has 0 radical (unpaired) electrons. The number of aromatic hydroxyl groups is 1. The highest BCUT2D eigenvalue weighted by Crippen LogP contribution is 2.13. The number of pyridine rings is 1. The first-order valence-corrected chi connectivity index (χ1v) is 3.59. The molecule has 64 valence electrons. The fourth-order valence-corrected chi connectivity index (χ4v) is 0.868. The first-order valence-electron chi connectivity index (χ1n) is 3.59. The highest BCUT2D eigenvalue weighted by Gasteiger charge is 1.95. The summed E-state index contributed by atoms with van der Waals surface area (Å²) in [6.07, 6.45) is 4.96. The zero-order valence-corrected chi connectivity index (χ0v) is 7.11. The van der Waals surface area contributed by atoms with E-state index < -0.39 is 0 Å². The van der Waals surface area contributed by atoms with Crippen molar-refractivity contribution in [2.75, 3.05) is 7.11 Å². The summed E-state index contributed by atoms with van der Waals surface area (Å²) in [5, 5.41) is 9.00. The molecule has 1 N–H and O–H groups in total. The van der Waals surface area contributed by atoms with Crippen molar-refractivity contribution in [1.29, 1.82) is 0 Å². The molecule has 1 rings (SSSR count). The van der Waals surface area contributed by atoms with Crippen LogP contribution in [-0.2, 0) is 4.74 Å². The third kappa shape index (κ3) is 1.99. The summed E-state index contributed by atoms with van der Waals surface area (Å²) in [5.41, 5.74) is 1.91. The molecular formula is C9H11NO2. The van der Waals surface area contributed by atoms with Gasteiger partial charge in [-0.15, -0.1) is 0 Å². The van der Waals surface area contributed by atoms with Crippen molar-refractivity contribution < 1.29 is 9.84 Å². The summed E-state index contributed by atoms with van der Waals surface area (Å²) < 4.78 is 4.76. The lowest BCUT2D eigenvalue weighted by Crippen LogP contribution is -1.83. The van der Waals surface area contributed by atoms with E-state index in [4.69, 9.17) is 9.84 Å². The normalized spacial score (nSPS) is 10.5. The van der Waals surface area contributed by atoms with E-state index in [1.54, 1.807) is 31.7 Å². The van der Waals surface area contributed by atoms with Crippen molar-refractivity contribution in [1.82, 2.24) is 4.98 Å². The Morgan fingerprint density at radius 3 is 2.92 bits per heavy atom. The highest BCUT2D eigenvalue weighted by molar-refractivity contribution is 5.51. The molecule has 0 atom stereocenters. The van der Waals surface area contributed by atoms with Gasteiger partial charge in [0.1, 0.15) is 0 Å². The van der Waals surface area contributed by atoms with Gasteiger partial charge >= 0.3 is 0 Å². The minimum atomic E-state index is 0.0436. The standard InChI is InChI=1S/C9H11NO2/c1-7-5-9(11)10-6-8(7)3-4-12-2/h3-6H,1-2H3,(H,10,11). The molecule has 3 heteroatoms. The molecule has 0 aliphatic rings. The zero-order chi connectivity index (χ0) is 8.97. The number of aryl methyl sites for hydroxylation is 1.